The van der Waals surface area contributed by atoms with E-state index in [1.165, 1.54) is 122 Å². The summed E-state index contributed by atoms with van der Waals surface area (Å²) in [6.07, 6.45) is 35.4. The maximum Gasteiger partial charge on any atom is 0.306 e. The van der Waals surface area contributed by atoms with Crippen LogP contribution in [-0.2, 0) is 28.6 Å². The van der Waals surface area contributed by atoms with Crippen LogP contribution in [0, 0.1) is 0 Å². The fourth-order valence-corrected chi connectivity index (χ4v) is 5.97. The minimum Gasteiger partial charge on any atom is -0.462 e. The van der Waals surface area contributed by atoms with E-state index in [1.54, 1.807) is 0 Å². The van der Waals surface area contributed by atoms with Gasteiger partial charge in [-0.05, 0) is 19.3 Å². The molecule has 0 saturated carbocycles. The molecule has 0 unspecified atom stereocenters. The first-order valence-electron chi connectivity index (χ1n) is 20.5. The lowest BCUT2D eigenvalue weighted by atomic mass is 10.0. The SMILES string of the molecule is CCCCCCCCCCCCCCCCCC(=O)OC[C@@H](COC(=O)CCCCCCC)OC(=O)CCCCCCCCCCC. The lowest BCUT2D eigenvalue weighted by molar-refractivity contribution is -0.167. The molecule has 0 rings (SSSR count). The summed E-state index contributed by atoms with van der Waals surface area (Å²) < 4.78 is 16.5. The number of carbonyl (C=O) groups excluding carboxylic acids is 3. The van der Waals surface area contributed by atoms with Crippen molar-refractivity contribution in [3.63, 3.8) is 0 Å². The van der Waals surface area contributed by atoms with Crippen LogP contribution in [0.25, 0.3) is 0 Å². The number of esters is 3. The van der Waals surface area contributed by atoms with E-state index in [0.717, 1.165) is 64.2 Å². The lowest BCUT2D eigenvalue weighted by Gasteiger charge is -2.18. The molecule has 0 radical (unpaired) electrons. The molecule has 47 heavy (non-hydrogen) atoms. The molecule has 278 valence electrons. The van der Waals surface area contributed by atoms with Crippen LogP contribution in [0.15, 0.2) is 0 Å². The highest BCUT2D eigenvalue weighted by atomic mass is 16.6. The maximum atomic E-state index is 12.5. The molecule has 0 fully saturated rings. The first-order chi connectivity index (χ1) is 23.0. The smallest absolute Gasteiger partial charge is 0.306 e. The van der Waals surface area contributed by atoms with Crippen molar-refractivity contribution < 1.29 is 28.6 Å². The molecule has 0 aliphatic heterocycles. The lowest BCUT2D eigenvalue weighted by Crippen LogP contribution is -2.30. The van der Waals surface area contributed by atoms with Crippen molar-refractivity contribution in [2.45, 2.75) is 232 Å². The number of unbranched alkanes of at least 4 members (excludes halogenated alkanes) is 26. The number of ether oxygens (including phenoxy) is 3. The van der Waals surface area contributed by atoms with Crippen molar-refractivity contribution in [1.82, 2.24) is 0 Å². The van der Waals surface area contributed by atoms with Gasteiger partial charge < -0.3 is 14.2 Å². The molecule has 0 heterocycles. The summed E-state index contributed by atoms with van der Waals surface area (Å²) in [7, 11) is 0. The van der Waals surface area contributed by atoms with E-state index in [4.69, 9.17) is 14.2 Å². The minimum atomic E-state index is -0.755. The predicted octanol–water partition coefficient (Wildman–Crippen LogP) is 12.5. The zero-order valence-corrected chi connectivity index (χ0v) is 31.6. The summed E-state index contributed by atoms with van der Waals surface area (Å²) in [6, 6.07) is 0. The van der Waals surface area contributed by atoms with E-state index in [0.29, 0.717) is 19.3 Å². The van der Waals surface area contributed by atoms with E-state index in [2.05, 4.69) is 20.8 Å². The molecule has 0 saturated heterocycles. The van der Waals surface area contributed by atoms with E-state index < -0.39 is 6.10 Å². The Labute approximate surface area is 291 Å². The van der Waals surface area contributed by atoms with Crippen LogP contribution in [-0.4, -0.2) is 37.2 Å². The molecule has 0 N–H and O–H groups in total. The maximum absolute atomic E-state index is 12.5. The fraction of sp³-hybridized carbons (Fsp3) is 0.927. The van der Waals surface area contributed by atoms with Gasteiger partial charge in [-0.15, -0.1) is 0 Å². The van der Waals surface area contributed by atoms with Gasteiger partial charge in [0.1, 0.15) is 13.2 Å². The van der Waals surface area contributed by atoms with Gasteiger partial charge in [0.25, 0.3) is 0 Å². The average Bonchev–Trinajstić information content (AvgIpc) is 3.06. The number of rotatable bonds is 37. The van der Waals surface area contributed by atoms with Gasteiger partial charge in [0.15, 0.2) is 6.10 Å². The topological polar surface area (TPSA) is 78.9 Å². The summed E-state index contributed by atoms with van der Waals surface area (Å²) in [4.78, 5) is 37.2. The standard InChI is InChI=1S/C41H78O6/c1-4-7-10-13-15-17-18-19-20-21-22-24-25-28-31-34-40(43)46-37-38(36-45-39(42)33-30-27-12-9-6-3)47-41(44)35-32-29-26-23-16-14-11-8-5-2/h38H,4-37H2,1-3H3/t38-/m1/s1. The molecule has 6 nitrogen and oxygen atoms in total. The molecule has 0 amide bonds. The van der Waals surface area contributed by atoms with Crippen LogP contribution in [0.1, 0.15) is 226 Å². The zero-order valence-electron chi connectivity index (χ0n) is 31.6. The Hall–Kier alpha value is -1.59. The van der Waals surface area contributed by atoms with Gasteiger partial charge in [-0.2, -0.15) is 0 Å². The van der Waals surface area contributed by atoms with Crippen molar-refractivity contribution in [1.29, 1.82) is 0 Å². The van der Waals surface area contributed by atoms with E-state index >= 15 is 0 Å². The first kappa shape index (κ1) is 45.4. The largest absolute Gasteiger partial charge is 0.462 e. The van der Waals surface area contributed by atoms with Gasteiger partial charge in [-0.1, -0.05) is 188 Å². The van der Waals surface area contributed by atoms with Crippen LogP contribution in [0.5, 0.6) is 0 Å². The van der Waals surface area contributed by atoms with Crippen molar-refractivity contribution in [3.8, 4) is 0 Å². The molecule has 0 aromatic carbocycles. The number of hydrogen-bond donors (Lipinski definition) is 0. The molecule has 6 heteroatoms. The summed E-state index contributed by atoms with van der Waals surface area (Å²) in [5.74, 6) is -0.875. The predicted molar refractivity (Wildman–Crippen MR) is 197 cm³/mol. The molecule has 0 bridgehead atoms. The monoisotopic (exact) mass is 667 g/mol. The van der Waals surface area contributed by atoms with Crippen LogP contribution in [0.4, 0.5) is 0 Å². The van der Waals surface area contributed by atoms with Gasteiger partial charge in [-0.3, -0.25) is 14.4 Å². The third-order valence-electron chi connectivity index (χ3n) is 9.11. The summed E-state index contributed by atoms with van der Waals surface area (Å²) in [5, 5.41) is 0. The molecule has 0 aliphatic rings. The zero-order chi connectivity index (χ0) is 34.5. The third-order valence-corrected chi connectivity index (χ3v) is 9.11. The Morgan fingerprint density at radius 1 is 0.340 bits per heavy atom. The van der Waals surface area contributed by atoms with Crippen molar-refractivity contribution >= 4 is 17.9 Å². The molecular weight excluding hydrogens is 588 g/mol. The third kappa shape index (κ3) is 35.5. The molecule has 0 aliphatic carbocycles. The molecular formula is C41H78O6. The normalized spacial score (nSPS) is 11.8. The highest BCUT2D eigenvalue weighted by Crippen LogP contribution is 2.15. The van der Waals surface area contributed by atoms with Crippen molar-refractivity contribution in [2.24, 2.45) is 0 Å². The van der Waals surface area contributed by atoms with Crippen molar-refractivity contribution in [2.75, 3.05) is 13.2 Å². The molecule has 0 aromatic heterocycles. The number of hydrogen-bond acceptors (Lipinski definition) is 6. The van der Waals surface area contributed by atoms with Gasteiger partial charge in [0, 0.05) is 19.3 Å². The van der Waals surface area contributed by atoms with Crippen LogP contribution in [0.3, 0.4) is 0 Å². The van der Waals surface area contributed by atoms with Gasteiger partial charge in [0.2, 0.25) is 0 Å². The van der Waals surface area contributed by atoms with Gasteiger partial charge in [-0.25, -0.2) is 0 Å². The van der Waals surface area contributed by atoms with Crippen LogP contribution < -0.4 is 0 Å². The summed E-state index contributed by atoms with van der Waals surface area (Å²) >= 11 is 0. The van der Waals surface area contributed by atoms with Crippen molar-refractivity contribution in [3.05, 3.63) is 0 Å². The average molecular weight is 667 g/mol. The Bertz CT molecular complexity index is 693. The Kier molecular flexibility index (Phi) is 36.0. The van der Waals surface area contributed by atoms with E-state index in [1.807, 2.05) is 0 Å². The highest BCUT2D eigenvalue weighted by molar-refractivity contribution is 5.71. The second-order valence-corrected chi connectivity index (χ2v) is 13.9. The highest BCUT2D eigenvalue weighted by Gasteiger charge is 2.19. The Morgan fingerprint density at radius 2 is 0.574 bits per heavy atom. The second kappa shape index (κ2) is 37.2. The second-order valence-electron chi connectivity index (χ2n) is 13.9. The van der Waals surface area contributed by atoms with Gasteiger partial charge >= 0.3 is 17.9 Å². The minimum absolute atomic E-state index is 0.0646. The van der Waals surface area contributed by atoms with E-state index in [9.17, 15) is 14.4 Å². The fourth-order valence-electron chi connectivity index (χ4n) is 5.97. The van der Waals surface area contributed by atoms with Crippen LogP contribution in [0.2, 0.25) is 0 Å². The molecule has 1 atom stereocenters. The van der Waals surface area contributed by atoms with Crippen LogP contribution >= 0.6 is 0 Å². The number of carbonyl (C=O) groups is 3. The summed E-state index contributed by atoms with van der Waals surface area (Å²) in [5.41, 5.74) is 0. The molecule has 0 spiro atoms. The molecule has 0 aromatic rings. The van der Waals surface area contributed by atoms with Gasteiger partial charge in [0.05, 0.1) is 0 Å². The Balaban J connectivity index is 4.17. The van der Waals surface area contributed by atoms with E-state index in [-0.39, 0.29) is 31.1 Å². The summed E-state index contributed by atoms with van der Waals surface area (Å²) in [6.45, 7) is 6.54. The Morgan fingerprint density at radius 3 is 0.851 bits per heavy atom. The quantitative estimate of drug-likeness (QED) is 0.0373. The first-order valence-corrected chi connectivity index (χ1v) is 20.5.